The summed E-state index contributed by atoms with van der Waals surface area (Å²) in [6, 6.07) is 0.530. The highest BCUT2D eigenvalue weighted by atomic mass is 35.5. The van der Waals surface area contributed by atoms with Crippen molar-refractivity contribution in [2.24, 2.45) is 0 Å². The third-order valence-corrected chi connectivity index (χ3v) is 3.02. The first-order valence-electron chi connectivity index (χ1n) is 5.56. The van der Waals surface area contributed by atoms with Crippen LogP contribution in [0.1, 0.15) is 12.8 Å². The summed E-state index contributed by atoms with van der Waals surface area (Å²) in [5.74, 6) is 0.900. The maximum Gasteiger partial charge on any atom is 0.149 e. The Morgan fingerprint density at radius 2 is 2.31 bits per heavy atom. The van der Waals surface area contributed by atoms with E-state index < -0.39 is 0 Å². The van der Waals surface area contributed by atoms with Crippen LogP contribution in [0.5, 0.6) is 0 Å². The number of nitrogens with zero attached hydrogens (tertiary/aromatic N) is 4. The van der Waals surface area contributed by atoms with Crippen LogP contribution < -0.4 is 4.90 Å². The Balaban J connectivity index is 2.13. The highest BCUT2D eigenvalue weighted by molar-refractivity contribution is 6.29. The molecule has 1 saturated heterocycles. The minimum absolute atomic E-state index is 0.466. The fourth-order valence-corrected chi connectivity index (χ4v) is 2.36. The summed E-state index contributed by atoms with van der Waals surface area (Å²) >= 11 is 5.87. The average molecular weight is 241 g/mol. The van der Waals surface area contributed by atoms with Crippen LogP contribution in [0.3, 0.4) is 0 Å². The molecule has 1 aromatic heterocycles. The number of halogens is 1. The Hall–Kier alpha value is -0.870. The minimum Gasteiger partial charge on any atom is -0.351 e. The van der Waals surface area contributed by atoms with E-state index in [1.165, 1.54) is 12.8 Å². The van der Waals surface area contributed by atoms with Crippen LogP contribution in [-0.2, 0) is 0 Å². The van der Waals surface area contributed by atoms with Gasteiger partial charge in [0, 0.05) is 19.1 Å². The first-order chi connectivity index (χ1) is 7.66. The normalized spacial score (nSPS) is 20.8. The Labute approximate surface area is 101 Å². The zero-order valence-corrected chi connectivity index (χ0v) is 10.5. The second kappa shape index (κ2) is 4.97. The van der Waals surface area contributed by atoms with Gasteiger partial charge in [-0.25, -0.2) is 4.98 Å². The first-order valence-corrected chi connectivity index (χ1v) is 5.93. The zero-order valence-electron chi connectivity index (χ0n) is 9.73. The molecule has 1 unspecified atom stereocenters. The van der Waals surface area contributed by atoms with E-state index in [1.807, 2.05) is 0 Å². The topological polar surface area (TPSA) is 32.3 Å². The van der Waals surface area contributed by atoms with Crippen molar-refractivity contribution in [3.05, 3.63) is 17.5 Å². The van der Waals surface area contributed by atoms with E-state index in [0.717, 1.165) is 18.9 Å². The Bertz CT molecular complexity index is 356. The lowest BCUT2D eigenvalue weighted by Gasteiger charge is -2.27. The Morgan fingerprint density at radius 1 is 1.50 bits per heavy atom. The fourth-order valence-electron chi connectivity index (χ4n) is 2.22. The molecule has 2 rings (SSSR count). The van der Waals surface area contributed by atoms with Crippen molar-refractivity contribution in [1.82, 2.24) is 14.9 Å². The van der Waals surface area contributed by atoms with Crippen LogP contribution in [0.4, 0.5) is 5.82 Å². The van der Waals surface area contributed by atoms with Gasteiger partial charge in [-0.05, 0) is 26.9 Å². The number of rotatable bonds is 3. The molecule has 0 N–H and O–H groups in total. The molecule has 1 atom stereocenters. The quantitative estimate of drug-likeness (QED) is 0.805. The summed E-state index contributed by atoms with van der Waals surface area (Å²) in [5, 5.41) is 0.466. The monoisotopic (exact) mass is 240 g/mol. The molecule has 88 valence electrons. The fraction of sp³-hybridized carbons (Fsp3) is 0.636. The molecule has 2 heterocycles. The molecule has 1 aliphatic rings. The SMILES string of the molecule is CN(C)CC1CCCN1c1cncc(Cl)n1. The van der Waals surface area contributed by atoms with Gasteiger partial charge in [-0.1, -0.05) is 11.6 Å². The van der Waals surface area contributed by atoms with Gasteiger partial charge in [0.1, 0.15) is 11.0 Å². The van der Waals surface area contributed by atoms with Gasteiger partial charge in [0.05, 0.1) is 12.4 Å². The summed E-state index contributed by atoms with van der Waals surface area (Å²) in [7, 11) is 4.19. The number of aromatic nitrogens is 2. The molecule has 5 heteroatoms. The zero-order chi connectivity index (χ0) is 11.5. The molecule has 0 aromatic carbocycles. The third-order valence-electron chi connectivity index (χ3n) is 2.84. The number of anilines is 1. The van der Waals surface area contributed by atoms with Crippen molar-refractivity contribution >= 4 is 17.4 Å². The molecule has 0 saturated carbocycles. The molecule has 0 bridgehead atoms. The van der Waals surface area contributed by atoms with Crippen molar-refractivity contribution in [3.8, 4) is 0 Å². The van der Waals surface area contributed by atoms with Gasteiger partial charge < -0.3 is 9.80 Å². The maximum absolute atomic E-state index is 5.87. The molecular formula is C11H17ClN4. The van der Waals surface area contributed by atoms with Crippen LogP contribution in [0.15, 0.2) is 12.4 Å². The van der Waals surface area contributed by atoms with Gasteiger partial charge in [0.15, 0.2) is 0 Å². The average Bonchev–Trinajstić information content (AvgIpc) is 2.65. The minimum atomic E-state index is 0.466. The molecule has 0 radical (unpaired) electrons. The lowest BCUT2D eigenvalue weighted by Crippen LogP contribution is -2.38. The molecule has 0 amide bonds. The summed E-state index contributed by atoms with van der Waals surface area (Å²) in [6.07, 6.45) is 5.79. The van der Waals surface area contributed by atoms with Crippen molar-refractivity contribution in [2.45, 2.75) is 18.9 Å². The molecule has 0 aliphatic carbocycles. The summed E-state index contributed by atoms with van der Waals surface area (Å²) < 4.78 is 0. The largest absolute Gasteiger partial charge is 0.351 e. The van der Waals surface area contributed by atoms with E-state index in [-0.39, 0.29) is 0 Å². The van der Waals surface area contributed by atoms with E-state index >= 15 is 0 Å². The van der Waals surface area contributed by atoms with Crippen molar-refractivity contribution in [3.63, 3.8) is 0 Å². The van der Waals surface area contributed by atoms with Crippen LogP contribution >= 0.6 is 11.6 Å². The van der Waals surface area contributed by atoms with Gasteiger partial charge in [-0.3, -0.25) is 4.98 Å². The molecule has 16 heavy (non-hydrogen) atoms. The highest BCUT2D eigenvalue weighted by Crippen LogP contribution is 2.24. The maximum atomic E-state index is 5.87. The lowest BCUT2D eigenvalue weighted by atomic mass is 10.2. The number of likely N-dealkylation sites (N-methyl/N-ethyl adjacent to an activating group) is 1. The predicted molar refractivity (Wildman–Crippen MR) is 66.0 cm³/mol. The molecule has 0 spiro atoms. The van der Waals surface area contributed by atoms with Crippen LogP contribution in [0.2, 0.25) is 5.15 Å². The van der Waals surface area contributed by atoms with E-state index in [1.54, 1.807) is 12.4 Å². The predicted octanol–water partition coefficient (Wildman–Crippen LogP) is 1.66. The van der Waals surface area contributed by atoms with Gasteiger partial charge in [0.2, 0.25) is 0 Å². The van der Waals surface area contributed by atoms with Crippen LogP contribution in [0, 0.1) is 0 Å². The second-order valence-electron chi connectivity index (χ2n) is 4.45. The molecule has 1 fully saturated rings. The van der Waals surface area contributed by atoms with Gasteiger partial charge >= 0.3 is 0 Å². The lowest BCUT2D eigenvalue weighted by molar-refractivity contribution is 0.371. The van der Waals surface area contributed by atoms with Gasteiger partial charge in [-0.15, -0.1) is 0 Å². The van der Waals surface area contributed by atoms with E-state index in [2.05, 4.69) is 33.9 Å². The van der Waals surface area contributed by atoms with E-state index in [0.29, 0.717) is 11.2 Å². The third kappa shape index (κ3) is 2.62. The van der Waals surface area contributed by atoms with Gasteiger partial charge in [0.25, 0.3) is 0 Å². The van der Waals surface area contributed by atoms with Crippen molar-refractivity contribution < 1.29 is 0 Å². The summed E-state index contributed by atoms with van der Waals surface area (Å²) in [4.78, 5) is 12.9. The number of hydrogen-bond donors (Lipinski definition) is 0. The standard InChI is InChI=1S/C11H17ClN4/c1-15(2)8-9-4-3-5-16(9)11-7-13-6-10(12)14-11/h6-7,9H,3-5,8H2,1-2H3. The van der Waals surface area contributed by atoms with Gasteiger partial charge in [-0.2, -0.15) is 0 Å². The van der Waals surface area contributed by atoms with Crippen molar-refractivity contribution in [2.75, 3.05) is 32.1 Å². The second-order valence-corrected chi connectivity index (χ2v) is 4.84. The first kappa shape index (κ1) is 11.6. The highest BCUT2D eigenvalue weighted by Gasteiger charge is 2.26. The summed E-state index contributed by atoms with van der Waals surface area (Å²) in [6.45, 7) is 2.10. The van der Waals surface area contributed by atoms with Crippen LogP contribution in [-0.4, -0.2) is 48.1 Å². The van der Waals surface area contributed by atoms with E-state index in [4.69, 9.17) is 11.6 Å². The molecule has 1 aliphatic heterocycles. The van der Waals surface area contributed by atoms with Crippen molar-refractivity contribution in [1.29, 1.82) is 0 Å². The smallest absolute Gasteiger partial charge is 0.149 e. The molecular weight excluding hydrogens is 224 g/mol. The summed E-state index contributed by atoms with van der Waals surface area (Å²) in [5.41, 5.74) is 0. The van der Waals surface area contributed by atoms with Crippen LogP contribution in [0.25, 0.3) is 0 Å². The molecule has 1 aromatic rings. The van der Waals surface area contributed by atoms with E-state index in [9.17, 15) is 0 Å². The Kier molecular flexibility index (Phi) is 3.61. The molecule has 4 nitrogen and oxygen atoms in total. The number of hydrogen-bond acceptors (Lipinski definition) is 4. The Morgan fingerprint density at radius 3 is 3.00 bits per heavy atom.